The number of ether oxygens (including phenoxy) is 4. The molecule has 4 aliphatic rings. The number of aliphatic hydroxyl groups is 1. The lowest BCUT2D eigenvalue weighted by atomic mass is 9.79. The third-order valence-electron chi connectivity index (χ3n) is 5.88. The molecular weight excluding hydrogens is 284 g/mol. The molecule has 0 bridgehead atoms. The van der Waals surface area contributed by atoms with Gasteiger partial charge in [-0.1, -0.05) is 6.92 Å². The summed E-state index contributed by atoms with van der Waals surface area (Å²) in [5.74, 6) is 0.267. The van der Waals surface area contributed by atoms with Crippen LogP contribution in [-0.4, -0.2) is 47.2 Å². The van der Waals surface area contributed by atoms with E-state index in [-0.39, 0.29) is 12.2 Å². The standard InChI is InChI=1S/C17H28O5/c1-10-7-11(10)8-16(4)20-12-5-6-17(14(18)13(12)21-16)9-19-15(2,3)22-17/h10-14,18H,5-9H2,1-4H3/t10?,11-,12?,13?,14?,16?,17?/m1/s1. The molecule has 4 fully saturated rings. The normalized spacial score (nSPS) is 56.3. The Morgan fingerprint density at radius 1 is 1.18 bits per heavy atom. The summed E-state index contributed by atoms with van der Waals surface area (Å²) in [5.41, 5.74) is -0.647. The first-order valence-corrected chi connectivity index (χ1v) is 8.60. The molecule has 6 unspecified atom stereocenters. The number of aliphatic hydroxyl groups excluding tert-OH is 1. The Bertz CT molecular complexity index is 466. The highest BCUT2D eigenvalue weighted by atomic mass is 16.8. The van der Waals surface area contributed by atoms with E-state index >= 15 is 0 Å². The molecule has 0 radical (unpaired) electrons. The topological polar surface area (TPSA) is 57.2 Å². The summed E-state index contributed by atoms with van der Waals surface area (Å²) < 4.78 is 24.2. The monoisotopic (exact) mass is 312 g/mol. The molecule has 2 saturated carbocycles. The molecule has 5 nitrogen and oxygen atoms in total. The SMILES string of the molecule is CC1C[C@@H]1CC1(C)OC2CCC3(COC(C)(C)O3)C(O)C2O1. The predicted octanol–water partition coefficient (Wildman–Crippen LogP) is 2.21. The molecule has 1 N–H and O–H groups in total. The van der Waals surface area contributed by atoms with E-state index in [1.54, 1.807) is 0 Å². The van der Waals surface area contributed by atoms with Crippen molar-refractivity contribution in [3.63, 3.8) is 0 Å². The van der Waals surface area contributed by atoms with Gasteiger partial charge in [-0.3, -0.25) is 0 Å². The van der Waals surface area contributed by atoms with Crippen molar-refractivity contribution in [2.45, 2.75) is 88.9 Å². The first-order chi connectivity index (χ1) is 10.2. The van der Waals surface area contributed by atoms with Gasteiger partial charge in [0.25, 0.3) is 0 Å². The fourth-order valence-electron chi connectivity index (χ4n) is 4.47. The van der Waals surface area contributed by atoms with Gasteiger partial charge in [0.1, 0.15) is 17.8 Å². The van der Waals surface area contributed by atoms with E-state index in [0.29, 0.717) is 12.5 Å². The minimum Gasteiger partial charge on any atom is -0.387 e. The predicted molar refractivity (Wildman–Crippen MR) is 79.1 cm³/mol. The third kappa shape index (κ3) is 2.42. The van der Waals surface area contributed by atoms with Crippen LogP contribution < -0.4 is 0 Å². The van der Waals surface area contributed by atoms with Crippen LogP contribution in [0.1, 0.15) is 53.4 Å². The summed E-state index contributed by atoms with van der Waals surface area (Å²) in [7, 11) is 0. The van der Waals surface area contributed by atoms with Crippen LogP contribution in [0.5, 0.6) is 0 Å². The fraction of sp³-hybridized carbons (Fsp3) is 1.00. The third-order valence-corrected chi connectivity index (χ3v) is 5.88. The van der Waals surface area contributed by atoms with Crippen molar-refractivity contribution in [2.24, 2.45) is 11.8 Å². The first kappa shape index (κ1) is 15.3. The first-order valence-electron chi connectivity index (χ1n) is 8.60. The zero-order valence-electron chi connectivity index (χ0n) is 14.0. The fourth-order valence-corrected chi connectivity index (χ4v) is 4.47. The van der Waals surface area contributed by atoms with Crippen molar-refractivity contribution in [1.29, 1.82) is 0 Å². The molecule has 2 heterocycles. The van der Waals surface area contributed by atoms with Crippen LogP contribution in [0.2, 0.25) is 0 Å². The molecule has 126 valence electrons. The number of rotatable bonds is 2. The largest absolute Gasteiger partial charge is 0.387 e. The van der Waals surface area contributed by atoms with E-state index in [0.717, 1.165) is 25.2 Å². The summed E-state index contributed by atoms with van der Waals surface area (Å²) in [6.07, 6.45) is 2.72. The maximum atomic E-state index is 10.9. The molecule has 7 atom stereocenters. The Balaban J connectivity index is 1.48. The molecule has 22 heavy (non-hydrogen) atoms. The van der Waals surface area contributed by atoms with Crippen molar-refractivity contribution in [2.75, 3.05) is 6.61 Å². The van der Waals surface area contributed by atoms with Crippen LogP contribution >= 0.6 is 0 Å². The van der Waals surface area contributed by atoms with Crippen molar-refractivity contribution in [3.8, 4) is 0 Å². The van der Waals surface area contributed by atoms with Gasteiger partial charge in [0, 0.05) is 6.42 Å². The van der Waals surface area contributed by atoms with Crippen molar-refractivity contribution in [3.05, 3.63) is 0 Å². The molecule has 1 spiro atoms. The minimum atomic E-state index is -0.702. The maximum absolute atomic E-state index is 10.9. The molecular formula is C17H28O5. The summed E-state index contributed by atoms with van der Waals surface area (Å²) in [6, 6.07) is 0. The second-order valence-corrected chi connectivity index (χ2v) is 8.39. The maximum Gasteiger partial charge on any atom is 0.166 e. The Kier molecular flexibility index (Phi) is 3.25. The molecule has 2 saturated heterocycles. The lowest BCUT2D eigenvalue weighted by molar-refractivity contribution is -0.219. The van der Waals surface area contributed by atoms with Crippen LogP contribution in [-0.2, 0) is 18.9 Å². The second-order valence-electron chi connectivity index (χ2n) is 8.39. The van der Waals surface area contributed by atoms with E-state index in [4.69, 9.17) is 18.9 Å². The highest BCUT2D eigenvalue weighted by Gasteiger charge is 2.61. The molecule has 0 aromatic heterocycles. The van der Waals surface area contributed by atoms with E-state index in [9.17, 15) is 5.11 Å². The lowest BCUT2D eigenvalue weighted by Crippen LogP contribution is -2.58. The van der Waals surface area contributed by atoms with E-state index < -0.39 is 23.3 Å². The van der Waals surface area contributed by atoms with Gasteiger partial charge in [-0.2, -0.15) is 0 Å². The molecule has 2 aliphatic carbocycles. The molecule has 4 rings (SSSR count). The molecule has 2 aliphatic heterocycles. The van der Waals surface area contributed by atoms with Gasteiger partial charge in [-0.15, -0.1) is 0 Å². The number of hydrogen-bond donors (Lipinski definition) is 1. The van der Waals surface area contributed by atoms with Crippen LogP contribution in [0.4, 0.5) is 0 Å². The minimum absolute atomic E-state index is 0.0352. The van der Waals surface area contributed by atoms with E-state index in [1.165, 1.54) is 6.42 Å². The number of fused-ring (bicyclic) bond motifs is 1. The highest BCUT2D eigenvalue weighted by Crippen LogP contribution is 2.51. The van der Waals surface area contributed by atoms with Gasteiger partial charge < -0.3 is 24.1 Å². The zero-order valence-corrected chi connectivity index (χ0v) is 14.0. The molecule has 0 aromatic carbocycles. The van der Waals surface area contributed by atoms with Crippen LogP contribution in [0.3, 0.4) is 0 Å². The van der Waals surface area contributed by atoms with Crippen molar-refractivity contribution in [1.82, 2.24) is 0 Å². The molecule has 0 aromatic rings. The van der Waals surface area contributed by atoms with Crippen LogP contribution in [0.25, 0.3) is 0 Å². The number of hydrogen-bond acceptors (Lipinski definition) is 5. The zero-order chi connectivity index (χ0) is 15.8. The summed E-state index contributed by atoms with van der Waals surface area (Å²) in [4.78, 5) is 0. The van der Waals surface area contributed by atoms with Crippen molar-refractivity contribution < 1.29 is 24.1 Å². The summed E-state index contributed by atoms with van der Waals surface area (Å²) in [5, 5.41) is 10.9. The van der Waals surface area contributed by atoms with Gasteiger partial charge >= 0.3 is 0 Å². The Labute approximate surface area is 132 Å². The van der Waals surface area contributed by atoms with E-state index in [2.05, 4.69) is 6.92 Å². The van der Waals surface area contributed by atoms with Gasteiger partial charge in [-0.25, -0.2) is 0 Å². The van der Waals surface area contributed by atoms with Gasteiger partial charge in [-0.05, 0) is 51.9 Å². The average Bonchev–Trinajstić information content (AvgIpc) is 2.85. The second kappa shape index (κ2) is 4.67. The molecule has 5 heteroatoms. The van der Waals surface area contributed by atoms with Crippen molar-refractivity contribution >= 4 is 0 Å². The van der Waals surface area contributed by atoms with Gasteiger partial charge in [0.05, 0.1) is 12.7 Å². The Morgan fingerprint density at radius 2 is 1.91 bits per heavy atom. The Hall–Kier alpha value is -0.200. The lowest BCUT2D eigenvalue weighted by Gasteiger charge is -2.41. The summed E-state index contributed by atoms with van der Waals surface area (Å²) >= 11 is 0. The van der Waals surface area contributed by atoms with Gasteiger partial charge in [0.15, 0.2) is 11.6 Å². The Morgan fingerprint density at radius 3 is 2.50 bits per heavy atom. The average molecular weight is 312 g/mol. The van der Waals surface area contributed by atoms with Crippen LogP contribution in [0, 0.1) is 11.8 Å². The molecule has 0 amide bonds. The highest BCUT2D eigenvalue weighted by molar-refractivity contribution is 5.07. The smallest absolute Gasteiger partial charge is 0.166 e. The quantitative estimate of drug-likeness (QED) is 0.847. The van der Waals surface area contributed by atoms with Crippen LogP contribution in [0.15, 0.2) is 0 Å². The van der Waals surface area contributed by atoms with Gasteiger partial charge in [0.2, 0.25) is 0 Å². The summed E-state index contributed by atoms with van der Waals surface area (Å²) in [6.45, 7) is 8.50. The van der Waals surface area contributed by atoms with E-state index in [1.807, 2.05) is 20.8 Å².